The molecule has 1 fully saturated rings. The van der Waals surface area contributed by atoms with E-state index in [-0.39, 0.29) is 0 Å². The van der Waals surface area contributed by atoms with Gasteiger partial charge in [-0.1, -0.05) is 0 Å². The summed E-state index contributed by atoms with van der Waals surface area (Å²) in [4.78, 5) is 4.29. The van der Waals surface area contributed by atoms with Gasteiger partial charge >= 0.3 is 0 Å². The Morgan fingerprint density at radius 3 is 2.80 bits per heavy atom. The molecule has 5 heteroatoms. The Morgan fingerprint density at radius 1 is 1.47 bits per heavy atom. The number of hydrogen-bond donors (Lipinski definition) is 1. The van der Waals surface area contributed by atoms with Crippen LogP contribution in [0.1, 0.15) is 12.8 Å². The van der Waals surface area contributed by atoms with Gasteiger partial charge in [-0.3, -0.25) is 0 Å². The van der Waals surface area contributed by atoms with Crippen LogP contribution in [0, 0.1) is 5.92 Å². The van der Waals surface area contributed by atoms with E-state index in [2.05, 4.69) is 42.2 Å². The van der Waals surface area contributed by atoms with Crippen LogP contribution in [0.3, 0.4) is 0 Å². The molecule has 0 amide bonds. The molecule has 0 aromatic carbocycles. The standard InChI is InChI=1S/C10H11Br2ClN2/c11-7-3-9(12)10(15-5-7)14-4-6-1-8(13)2-6/h3,5-6,8H,1-2,4H2,(H,14,15). The van der Waals surface area contributed by atoms with E-state index in [1.54, 1.807) is 6.20 Å². The molecule has 1 aromatic rings. The van der Waals surface area contributed by atoms with Gasteiger partial charge in [0.05, 0.1) is 4.47 Å². The van der Waals surface area contributed by atoms with Gasteiger partial charge in [-0.2, -0.15) is 0 Å². The number of rotatable bonds is 3. The van der Waals surface area contributed by atoms with Crippen LogP contribution >= 0.6 is 43.5 Å². The summed E-state index contributed by atoms with van der Waals surface area (Å²) in [5, 5.41) is 3.71. The lowest BCUT2D eigenvalue weighted by atomic mass is 9.85. The van der Waals surface area contributed by atoms with Crippen molar-refractivity contribution in [2.24, 2.45) is 5.92 Å². The minimum Gasteiger partial charge on any atom is -0.369 e. The highest BCUT2D eigenvalue weighted by atomic mass is 79.9. The third kappa shape index (κ3) is 3.08. The lowest BCUT2D eigenvalue weighted by Gasteiger charge is -2.31. The maximum Gasteiger partial charge on any atom is 0.140 e. The molecule has 0 spiro atoms. The number of nitrogens with zero attached hydrogens (tertiary/aromatic N) is 1. The molecule has 0 aliphatic heterocycles. The Morgan fingerprint density at radius 2 is 2.20 bits per heavy atom. The molecule has 1 heterocycles. The highest BCUT2D eigenvalue weighted by Gasteiger charge is 2.26. The van der Waals surface area contributed by atoms with Gasteiger partial charge in [-0.05, 0) is 56.7 Å². The van der Waals surface area contributed by atoms with Crippen LogP contribution < -0.4 is 5.32 Å². The monoisotopic (exact) mass is 352 g/mol. The summed E-state index contributed by atoms with van der Waals surface area (Å²) >= 11 is 12.8. The Bertz CT molecular complexity index is 353. The van der Waals surface area contributed by atoms with E-state index >= 15 is 0 Å². The zero-order valence-corrected chi connectivity index (χ0v) is 11.9. The maximum absolute atomic E-state index is 5.92. The van der Waals surface area contributed by atoms with E-state index in [9.17, 15) is 0 Å². The lowest BCUT2D eigenvalue weighted by molar-refractivity contribution is 0.341. The fourth-order valence-electron chi connectivity index (χ4n) is 1.61. The molecule has 1 aromatic heterocycles. The fraction of sp³-hybridized carbons (Fsp3) is 0.500. The van der Waals surface area contributed by atoms with Gasteiger partial charge in [-0.25, -0.2) is 4.98 Å². The van der Waals surface area contributed by atoms with Crippen molar-refractivity contribution in [3.05, 3.63) is 21.2 Å². The molecule has 0 atom stereocenters. The summed E-state index contributed by atoms with van der Waals surface area (Å²) in [6.07, 6.45) is 4.02. The third-order valence-electron chi connectivity index (χ3n) is 2.54. The summed E-state index contributed by atoms with van der Waals surface area (Å²) in [5.74, 6) is 1.60. The largest absolute Gasteiger partial charge is 0.369 e. The van der Waals surface area contributed by atoms with Gasteiger partial charge < -0.3 is 5.32 Å². The van der Waals surface area contributed by atoms with Gasteiger partial charge in [0, 0.05) is 22.6 Å². The number of halogens is 3. The van der Waals surface area contributed by atoms with Crippen LogP contribution in [0.15, 0.2) is 21.2 Å². The molecule has 0 radical (unpaired) electrons. The summed E-state index contributed by atoms with van der Waals surface area (Å²) in [7, 11) is 0. The highest BCUT2D eigenvalue weighted by Crippen LogP contribution is 2.32. The predicted molar refractivity (Wildman–Crippen MR) is 70.5 cm³/mol. The van der Waals surface area contributed by atoms with Crippen molar-refractivity contribution in [3.8, 4) is 0 Å². The molecule has 2 rings (SSSR count). The topological polar surface area (TPSA) is 24.9 Å². The molecule has 1 N–H and O–H groups in total. The summed E-state index contributed by atoms with van der Waals surface area (Å²) in [5.41, 5.74) is 0. The predicted octanol–water partition coefficient (Wildman–Crippen LogP) is 4.04. The summed E-state index contributed by atoms with van der Waals surface area (Å²) in [6.45, 7) is 0.955. The molecule has 0 unspecified atom stereocenters. The number of hydrogen-bond acceptors (Lipinski definition) is 2. The minimum absolute atomic E-state index is 0.387. The van der Waals surface area contributed by atoms with Crippen molar-refractivity contribution in [3.63, 3.8) is 0 Å². The summed E-state index contributed by atoms with van der Waals surface area (Å²) in [6, 6.07) is 1.99. The van der Waals surface area contributed by atoms with Crippen LogP contribution in [-0.4, -0.2) is 16.9 Å². The second-order valence-corrected chi connectivity index (χ2v) is 6.19. The maximum atomic E-state index is 5.92. The van der Waals surface area contributed by atoms with Crippen molar-refractivity contribution < 1.29 is 0 Å². The number of pyridine rings is 1. The molecule has 0 saturated heterocycles. The SMILES string of the molecule is ClC1CC(CNc2ncc(Br)cc2Br)C1. The summed E-state index contributed by atoms with van der Waals surface area (Å²) < 4.78 is 1.96. The van der Waals surface area contributed by atoms with Gasteiger partial charge in [0.25, 0.3) is 0 Å². The number of aromatic nitrogens is 1. The fourth-order valence-corrected chi connectivity index (χ4v) is 3.24. The lowest BCUT2D eigenvalue weighted by Crippen LogP contribution is -2.30. The van der Waals surface area contributed by atoms with E-state index in [4.69, 9.17) is 11.6 Å². The van der Waals surface area contributed by atoms with Gasteiger partial charge in [0.2, 0.25) is 0 Å². The van der Waals surface area contributed by atoms with Crippen molar-refractivity contribution in [2.75, 3.05) is 11.9 Å². The van der Waals surface area contributed by atoms with E-state index < -0.39 is 0 Å². The zero-order valence-electron chi connectivity index (χ0n) is 8.01. The number of anilines is 1. The van der Waals surface area contributed by atoms with Crippen LogP contribution in [0.4, 0.5) is 5.82 Å². The average Bonchev–Trinajstić information content (AvgIpc) is 2.13. The third-order valence-corrected chi connectivity index (χ3v) is 3.94. The Labute approximate surface area is 111 Å². The van der Waals surface area contributed by atoms with Crippen LogP contribution in [0.2, 0.25) is 0 Å². The van der Waals surface area contributed by atoms with Crippen molar-refractivity contribution in [1.82, 2.24) is 4.98 Å². The van der Waals surface area contributed by atoms with E-state index in [0.29, 0.717) is 11.3 Å². The first kappa shape index (κ1) is 11.7. The van der Waals surface area contributed by atoms with E-state index in [0.717, 1.165) is 34.1 Å². The van der Waals surface area contributed by atoms with Gasteiger partial charge in [0.1, 0.15) is 5.82 Å². The first-order chi connectivity index (χ1) is 7.15. The molecule has 1 aliphatic carbocycles. The Balaban J connectivity index is 1.88. The first-order valence-corrected chi connectivity index (χ1v) is 6.86. The molecule has 2 nitrogen and oxygen atoms in total. The second-order valence-electron chi connectivity index (χ2n) is 3.80. The molecule has 82 valence electrons. The van der Waals surface area contributed by atoms with Crippen LogP contribution in [0.5, 0.6) is 0 Å². The first-order valence-electron chi connectivity index (χ1n) is 4.84. The quantitative estimate of drug-likeness (QED) is 0.829. The number of nitrogens with one attached hydrogen (secondary N) is 1. The van der Waals surface area contributed by atoms with E-state index in [1.807, 2.05) is 6.07 Å². The zero-order chi connectivity index (χ0) is 10.8. The molecular formula is C10H11Br2ClN2. The molecule has 0 bridgehead atoms. The van der Waals surface area contributed by atoms with E-state index in [1.165, 1.54) is 0 Å². The minimum atomic E-state index is 0.387. The van der Waals surface area contributed by atoms with Crippen molar-refractivity contribution in [1.29, 1.82) is 0 Å². The molecular weight excluding hydrogens is 343 g/mol. The van der Waals surface area contributed by atoms with Crippen LogP contribution in [0.25, 0.3) is 0 Å². The average molecular weight is 354 g/mol. The molecule has 1 saturated carbocycles. The van der Waals surface area contributed by atoms with Crippen molar-refractivity contribution >= 4 is 49.3 Å². The van der Waals surface area contributed by atoms with Crippen molar-refractivity contribution in [2.45, 2.75) is 18.2 Å². The Hall–Kier alpha value is 0.200. The highest BCUT2D eigenvalue weighted by molar-refractivity contribution is 9.11. The smallest absolute Gasteiger partial charge is 0.140 e. The van der Waals surface area contributed by atoms with Crippen LogP contribution in [-0.2, 0) is 0 Å². The Kier molecular flexibility index (Phi) is 3.91. The molecule has 1 aliphatic rings. The normalized spacial score (nSPS) is 24.7. The second kappa shape index (κ2) is 5.02. The molecule has 15 heavy (non-hydrogen) atoms. The number of alkyl halides is 1. The van der Waals surface area contributed by atoms with Gasteiger partial charge in [-0.15, -0.1) is 11.6 Å². The van der Waals surface area contributed by atoms with Gasteiger partial charge in [0.15, 0.2) is 0 Å².